The van der Waals surface area contributed by atoms with E-state index in [4.69, 9.17) is 0 Å². The molecule has 0 amide bonds. The van der Waals surface area contributed by atoms with Crippen molar-refractivity contribution < 1.29 is 0 Å². The van der Waals surface area contributed by atoms with E-state index in [9.17, 15) is 0 Å². The van der Waals surface area contributed by atoms with Gasteiger partial charge in [-0.2, -0.15) is 0 Å². The van der Waals surface area contributed by atoms with Crippen molar-refractivity contribution in [2.45, 2.75) is 32.9 Å². The summed E-state index contributed by atoms with van der Waals surface area (Å²) in [6.07, 6.45) is 3.88. The molecule has 1 rings (SSSR count). The maximum absolute atomic E-state index is 4.21. The Balaban J connectivity index is 2.48. The number of aromatic nitrogens is 2. The number of aryl methyl sites for hydroxylation is 1. The molecule has 86 valence electrons. The number of imidazole rings is 1. The number of hydrogen-bond acceptors (Lipinski definition) is 2. The number of nitrogens with zero attached hydrogens (tertiary/aromatic N) is 3. The largest absolute Gasteiger partial charge is 0.334 e. The van der Waals surface area contributed by atoms with Gasteiger partial charge in [0.25, 0.3) is 0 Å². The third-order valence-corrected chi connectivity index (χ3v) is 4.33. The Morgan fingerprint density at radius 1 is 1.53 bits per heavy atom. The van der Waals surface area contributed by atoms with Crippen molar-refractivity contribution in [3.8, 4) is 0 Å². The van der Waals surface area contributed by atoms with Crippen LogP contribution in [0.2, 0.25) is 0 Å². The van der Waals surface area contributed by atoms with Crippen LogP contribution in [0.15, 0.2) is 12.4 Å². The van der Waals surface area contributed by atoms with E-state index in [0.717, 1.165) is 24.2 Å². The number of hydrogen-bond donors (Lipinski definition) is 0. The highest BCUT2D eigenvalue weighted by molar-refractivity contribution is 9.09. The summed E-state index contributed by atoms with van der Waals surface area (Å²) in [5.74, 6) is 1.08. The van der Waals surface area contributed by atoms with Crippen LogP contribution in [0.1, 0.15) is 19.7 Å². The summed E-state index contributed by atoms with van der Waals surface area (Å²) in [6, 6.07) is 0. The molecule has 1 aromatic rings. The minimum atomic E-state index is 0.203. The van der Waals surface area contributed by atoms with E-state index >= 15 is 0 Å². The second-order valence-corrected chi connectivity index (χ2v) is 5.10. The molecule has 0 N–H and O–H groups in total. The van der Waals surface area contributed by atoms with E-state index in [0.29, 0.717) is 0 Å². The Hall–Kier alpha value is -0.350. The number of alkyl halides is 1. The van der Waals surface area contributed by atoms with Crippen molar-refractivity contribution in [3.05, 3.63) is 18.2 Å². The summed E-state index contributed by atoms with van der Waals surface area (Å²) in [4.78, 5) is 6.57. The fourth-order valence-electron chi connectivity index (χ4n) is 1.30. The molecule has 1 heterocycles. The van der Waals surface area contributed by atoms with Gasteiger partial charge in [0.15, 0.2) is 0 Å². The molecule has 0 aliphatic rings. The molecule has 0 saturated heterocycles. The topological polar surface area (TPSA) is 21.1 Å². The van der Waals surface area contributed by atoms with Crippen molar-refractivity contribution in [1.29, 1.82) is 0 Å². The Labute approximate surface area is 101 Å². The molecule has 0 unspecified atom stereocenters. The zero-order chi connectivity index (χ0) is 11.5. The normalized spacial score (nSPS) is 12.4. The Bertz CT molecular complexity index is 307. The van der Waals surface area contributed by atoms with Gasteiger partial charge in [0, 0.05) is 36.4 Å². The lowest BCUT2D eigenvalue weighted by molar-refractivity contribution is 0.175. The van der Waals surface area contributed by atoms with Crippen LogP contribution in [0.25, 0.3) is 0 Å². The van der Waals surface area contributed by atoms with E-state index in [2.05, 4.69) is 51.3 Å². The van der Waals surface area contributed by atoms with Crippen molar-refractivity contribution in [2.24, 2.45) is 0 Å². The molecule has 0 aromatic carbocycles. The first-order valence-electron chi connectivity index (χ1n) is 5.22. The first-order chi connectivity index (χ1) is 6.97. The van der Waals surface area contributed by atoms with Crippen LogP contribution in [0, 0.1) is 6.92 Å². The monoisotopic (exact) mass is 273 g/mol. The van der Waals surface area contributed by atoms with Crippen LogP contribution >= 0.6 is 15.9 Å². The lowest BCUT2D eigenvalue weighted by Gasteiger charge is -2.34. The van der Waals surface area contributed by atoms with Gasteiger partial charge in [0.05, 0.1) is 0 Å². The van der Waals surface area contributed by atoms with E-state index in [-0.39, 0.29) is 5.54 Å². The zero-order valence-electron chi connectivity index (χ0n) is 10.00. The highest BCUT2D eigenvalue weighted by Gasteiger charge is 2.21. The maximum atomic E-state index is 4.21. The average Bonchev–Trinajstić information content (AvgIpc) is 2.60. The molecular weight excluding hydrogens is 254 g/mol. The minimum Gasteiger partial charge on any atom is -0.334 e. The molecule has 0 atom stereocenters. The summed E-state index contributed by atoms with van der Waals surface area (Å²) < 4.78 is 2.18. The van der Waals surface area contributed by atoms with Crippen LogP contribution in [0.3, 0.4) is 0 Å². The van der Waals surface area contributed by atoms with Gasteiger partial charge in [-0.1, -0.05) is 15.9 Å². The smallest absolute Gasteiger partial charge is 0.105 e. The van der Waals surface area contributed by atoms with Crippen LogP contribution in [0.4, 0.5) is 0 Å². The minimum absolute atomic E-state index is 0.203. The van der Waals surface area contributed by atoms with E-state index in [1.807, 2.05) is 19.3 Å². The molecule has 0 radical (unpaired) electrons. The molecule has 0 fully saturated rings. The maximum Gasteiger partial charge on any atom is 0.105 e. The molecular formula is C11H20BrN3. The molecule has 0 spiro atoms. The standard InChI is InChI=1S/C11H20BrN3/c1-10-13-5-6-15(10)8-7-14(4)11(2,3)9-12/h5-6H,7-9H2,1-4H3. The van der Waals surface area contributed by atoms with Crippen molar-refractivity contribution in [2.75, 3.05) is 18.9 Å². The Morgan fingerprint density at radius 3 is 2.67 bits per heavy atom. The van der Waals surface area contributed by atoms with Crippen molar-refractivity contribution >= 4 is 15.9 Å². The van der Waals surface area contributed by atoms with Gasteiger partial charge in [0.1, 0.15) is 5.82 Å². The van der Waals surface area contributed by atoms with Gasteiger partial charge in [-0.15, -0.1) is 0 Å². The first-order valence-corrected chi connectivity index (χ1v) is 6.34. The third kappa shape index (κ3) is 3.31. The fraction of sp³-hybridized carbons (Fsp3) is 0.727. The molecule has 0 saturated carbocycles. The third-order valence-electron chi connectivity index (χ3n) is 2.96. The van der Waals surface area contributed by atoms with Gasteiger partial charge < -0.3 is 4.57 Å². The van der Waals surface area contributed by atoms with E-state index < -0.39 is 0 Å². The lowest BCUT2D eigenvalue weighted by Crippen LogP contribution is -2.44. The van der Waals surface area contributed by atoms with Crippen LogP contribution in [0.5, 0.6) is 0 Å². The molecule has 3 nitrogen and oxygen atoms in total. The van der Waals surface area contributed by atoms with Gasteiger partial charge in [0.2, 0.25) is 0 Å². The summed E-state index contributed by atoms with van der Waals surface area (Å²) in [5.41, 5.74) is 0.203. The van der Waals surface area contributed by atoms with Crippen molar-refractivity contribution in [1.82, 2.24) is 14.5 Å². The predicted octanol–water partition coefficient (Wildman–Crippen LogP) is 2.30. The second-order valence-electron chi connectivity index (χ2n) is 4.54. The second kappa shape index (κ2) is 5.12. The Kier molecular flexibility index (Phi) is 4.34. The first kappa shape index (κ1) is 12.7. The average molecular weight is 274 g/mol. The summed E-state index contributed by atoms with van der Waals surface area (Å²) >= 11 is 3.54. The molecule has 4 heteroatoms. The van der Waals surface area contributed by atoms with Gasteiger partial charge in [-0.3, -0.25) is 4.90 Å². The van der Waals surface area contributed by atoms with Crippen LogP contribution < -0.4 is 0 Å². The zero-order valence-corrected chi connectivity index (χ0v) is 11.6. The predicted molar refractivity (Wildman–Crippen MR) is 67.5 cm³/mol. The summed E-state index contributed by atoms with van der Waals surface area (Å²) in [6.45, 7) is 8.55. The molecule has 0 aliphatic carbocycles. The van der Waals surface area contributed by atoms with Gasteiger partial charge >= 0.3 is 0 Å². The summed E-state index contributed by atoms with van der Waals surface area (Å²) in [5, 5.41) is 0.986. The highest BCUT2D eigenvalue weighted by Crippen LogP contribution is 2.14. The SMILES string of the molecule is Cc1nccn1CCN(C)C(C)(C)CBr. The van der Waals surface area contributed by atoms with E-state index in [1.165, 1.54) is 0 Å². The number of likely N-dealkylation sites (N-methyl/N-ethyl adjacent to an activating group) is 1. The van der Waals surface area contributed by atoms with Crippen molar-refractivity contribution in [3.63, 3.8) is 0 Å². The highest BCUT2D eigenvalue weighted by atomic mass is 79.9. The number of rotatable bonds is 5. The van der Waals surface area contributed by atoms with Gasteiger partial charge in [-0.25, -0.2) is 4.98 Å². The van der Waals surface area contributed by atoms with E-state index in [1.54, 1.807) is 0 Å². The molecule has 15 heavy (non-hydrogen) atoms. The molecule has 0 aliphatic heterocycles. The Morgan fingerprint density at radius 2 is 2.20 bits per heavy atom. The van der Waals surface area contributed by atoms with Crippen LogP contribution in [-0.2, 0) is 6.54 Å². The van der Waals surface area contributed by atoms with Crippen LogP contribution in [-0.4, -0.2) is 38.9 Å². The quantitative estimate of drug-likeness (QED) is 0.768. The lowest BCUT2D eigenvalue weighted by atomic mass is 10.1. The molecule has 1 aromatic heterocycles. The summed E-state index contributed by atoms with van der Waals surface area (Å²) in [7, 11) is 2.16. The molecule has 0 bridgehead atoms. The van der Waals surface area contributed by atoms with Gasteiger partial charge in [-0.05, 0) is 27.8 Å². The number of halogens is 1. The fourth-order valence-corrected chi connectivity index (χ4v) is 1.73.